The zero-order chi connectivity index (χ0) is 20.6. The molecule has 0 radical (unpaired) electrons. The molecule has 5 nitrogen and oxygen atoms in total. The number of likely N-dealkylation sites (tertiary alicyclic amines) is 1. The summed E-state index contributed by atoms with van der Waals surface area (Å²) in [5.41, 5.74) is 2.62. The van der Waals surface area contributed by atoms with Gasteiger partial charge in [-0.15, -0.1) is 0 Å². The third kappa shape index (κ3) is 5.68. The highest BCUT2D eigenvalue weighted by atomic mass is 16.2. The van der Waals surface area contributed by atoms with E-state index in [2.05, 4.69) is 30.3 Å². The van der Waals surface area contributed by atoms with Crippen molar-refractivity contribution >= 4 is 17.5 Å². The summed E-state index contributed by atoms with van der Waals surface area (Å²) in [7, 11) is 0. The van der Waals surface area contributed by atoms with Crippen LogP contribution in [0.5, 0.6) is 0 Å². The average Bonchev–Trinajstić information content (AvgIpc) is 2.75. The van der Waals surface area contributed by atoms with E-state index < -0.39 is 0 Å². The minimum absolute atomic E-state index is 0.100. The number of carbonyl (C=O) groups is 2. The molecule has 0 unspecified atom stereocenters. The molecule has 0 bridgehead atoms. The molecule has 0 atom stereocenters. The molecule has 2 amide bonds. The Bertz CT molecular complexity index is 863. The SMILES string of the molecule is CC(=O)N(CCC(=O)N1CCC(Cc2ccccc2)CC1)c1ccc(C#N)cc1. The Morgan fingerprint density at radius 1 is 1.07 bits per heavy atom. The van der Waals surface area contributed by atoms with Crippen molar-refractivity contribution in [2.75, 3.05) is 24.5 Å². The van der Waals surface area contributed by atoms with Crippen LogP contribution in [0.2, 0.25) is 0 Å². The Morgan fingerprint density at radius 2 is 1.72 bits per heavy atom. The molecule has 0 N–H and O–H groups in total. The predicted molar refractivity (Wildman–Crippen MR) is 113 cm³/mol. The van der Waals surface area contributed by atoms with Crippen LogP contribution in [0.1, 0.15) is 37.3 Å². The fourth-order valence-corrected chi connectivity index (χ4v) is 3.88. The maximum absolute atomic E-state index is 12.7. The summed E-state index contributed by atoms with van der Waals surface area (Å²) < 4.78 is 0. The number of anilines is 1. The Hall–Kier alpha value is -3.13. The molecule has 0 aromatic heterocycles. The first kappa shape index (κ1) is 20.6. The van der Waals surface area contributed by atoms with Crippen LogP contribution >= 0.6 is 0 Å². The van der Waals surface area contributed by atoms with Crippen molar-refractivity contribution in [2.24, 2.45) is 5.92 Å². The summed E-state index contributed by atoms with van der Waals surface area (Å²) >= 11 is 0. The van der Waals surface area contributed by atoms with E-state index in [-0.39, 0.29) is 11.8 Å². The maximum atomic E-state index is 12.7. The van der Waals surface area contributed by atoms with Gasteiger partial charge in [-0.25, -0.2) is 0 Å². The van der Waals surface area contributed by atoms with E-state index >= 15 is 0 Å². The van der Waals surface area contributed by atoms with Gasteiger partial charge in [-0.1, -0.05) is 30.3 Å². The van der Waals surface area contributed by atoms with Crippen LogP contribution in [0.15, 0.2) is 54.6 Å². The number of rotatable bonds is 6. The van der Waals surface area contributed by atoms with E-state index in [1.165, 1.54) is 12.5 Å². The molecule has 1 aliphatic rings. The van der Waals surface area contributed by atoms with E-state index in [9.17, 15) is 9.59 Å². The van der Waals surface area contributed by atoms with Gasteiger partial charge < -0.3 is 9.80 Å². The standard InChI is InChI=1S/C24H27N3O2/c1-19(28)27(23-9-7-22(18-25)8-10-23)16-13-24(29)26-14-11-21(12-15-26)17-20-5-3-2-4-6-20/h2-10,21H,11-17H2,1H3. The highest BCUT2D eigenvalue weighted by molar-refractivity contribution is 5.92. The molecule has 0 spiro atoms. The second-order valence-corrected chi connectivity index (χ2v) is 7.59. The second kappa shape index (κ2) is 9.88. The molecule has 0 saturated carbocycles. The molecule has 1 saturated heterocycles. The Kier molecular flexibility index (Phi) is 7.02. The number of hydrogen-bond acceptors (Lipinski definition) is 3. The van der Waals surface area contributed by atoms with Crippen LogP contribution in [-0.4, -0.2) is 36.3 Å². The maximum Gasteiger partial charge on any atom is 0.224 e. The van der Waals surface area contributed by atoms with Crippen LogP contribution in [0.4, 0.5) is 5.69 Å². The minimum atomic E-state index is -0.107. The highest BCUT2D eigenvalue weighted by Gasteiger charge is 2.23. The van der Waals surface area contributed by atoms with Gasteiger partial charge in [0.25, 0.3) is 0 Å². The molecule has 0 aliphatic carbocycles. The molecule has 150 valence electrons. The van der Waals surface area contributed by atoms with Crippen molar-refractivity contribution in [3.63, 3.8) is 0 Å². The average molecular weight is 389 g/mol. The topological polar surface area (TPSA) is 64.4 Å². The van der Waals surface area contributed by atoms with Crippen LogP contribution in [-0.2, 0) is 16.0 Å². The van der Waals surface area contributed by atoms with Gasteiger partial charge >= 0.3 is 0 Å². The lowest BCUT2D eigenvalue weighted by atomic mass is 9.90. The van der Waals surface area contributed by atoms with Crippen molar-refractivity contribution < 1.29 is 9.59 Å². The largest absolute Gasteiger partial charge is 0.343 e. The molecular weight excluding hydrogens is 362 g/mol. The number of amides is 2. The zero-order valence-corrected chi connectivity index (χ0v) is 16.9. The summed E-state index contributed by atoms with van der Waals surface area (Å²) in [5.74, 6) is 0.612. The molecule has 1 aliphatic heterocycles. The minimum Gasteiger partial charge on any atom is -0.343 e. The van der Waals surface area contributed by atoms with Crippen molar-refractivity contribution in [1.29, 1.82) is 5.26 Å². The third-order valence-electron chi connectivity index (χ3n) is 5.57. The molecule has 5 heteroatoms. The first-order chi connectivity index (χ1) is 14.1. The molecular formula is C24H27N3O2. The van der Waals surface area contributed by atoms with E-state index in [1.54, 1.807) is 29.2 Å². The fourth-order valence-electron chi connectivity index (χ4n) is 3.88. The summed E-state index contributed by atoms with van der Waals surface area (Å²) in [6, 6.07) is 19.4. The lowest BCUT2D eigenvalue weighted by Crippen LogP contribution is -2.41. The Morgan fingerprint density at radius 3 is 2.31 bits per heavy atom. The zero-order valence-electron chi connectivity index (χ0n) is 16.9. The fraction of sp³-hybridized carbons (Fsp3) is 0.375. The predicted octanol–water partition coefficient (Wildman–Crippen LogP) is 3.78. The van der Waals surface area contributed by atoms with Crippen LogP contribution in [0.3, 0.4) is 0 Å². The smallest absolute Gasteiger partial charge is 0.224 e. The van der Waals surface area contributed by atoms with Gasteiger partial charge in [-0.3, -0.25) is 9.59 Å². The normalized spacial score (nSPS) is 14.3. The number of nitrogens with zero attached hydrogens (tertiary/aromatic N) is 3. The van der Waals surface area contributed by atoms with Gasteiger partial charge in [-0.2, -0.15) is 5.26 Å². The Labute approximate surface area is 172 Å². The van der Waals surface area contributed by atoms with Crippen molar-refractivity contribution in [3.8, 4) is 6.07 Å². The van der Waals surface area contributed by atoms with Crippen molar-refractivity contribution in [1.82, 2.24) is 4.90 Å². The summed E-state index contributed by atoms with van der Waals surface area (Å²) in [4.78, 5) is 28.2. The van der Waals surface area contributed by atoms with Gasteiger partial charge in [0.2, 0.25) is 11.8 Å². The lowest BCUT2D eigenvalue weighted by Gasteiger charge is -2.32. The van der Waals surface area contributed by atoms with Crippen LogP contribution in [0.25, 0.3) is 0 Å². The van der Waals surface area contributed by atoms with Gasteiger partial charge in [0.15, 0.2) is 0 Å². The second-order valence-electron chi connectivity index (χ2n) is 7.59. The van der Waals surface area contributed by atoms with Gasteiger partial charge in [0, 0.05) is 38.7 Å². The van der Waals surface area contributed by atoms with Gasteiger partial charge in [0.05, 0.1) is 11.6 Å². The number of carbonyl (C=O) groups excluding carboxylic acids is 2. The van der Waals surface area contributed by atoms with E-state index in [0.29, 0.717) is 30.1 Å². The number of piperidine rings is 1. The van der Waals surface area contributed by atoms with Crippen molar-refractivity contribution in [3.05, 3.63) is 65.7 Å². The molecule has 1 heterocycles. The first-order valence-corrected chi connectivity index (χ1v) is 10.2. The van der Waals surface area contributed by atoms with Gasteiger partial charge in [0.1, 0.15) is 0 Å². The monoisotopic (exact) mass is 389 g/mol. The number of nitriles is 1. The quantitative estimate of drug-likeness (QED) is 0.755. The molecule has 1 fully saturated rings. The third-order valence-corrected chi connectivity index (χ3v) is 5.57. The van der Waals surface area contributed by atoms with E-state index in [0.717, 1.165) is 32.4 Å². The summed E-state index contributed by atoms with van der Waals surface area (Å²) in [5, 5.41) is 8.92. The first-order valence-electron chi connectivity index (χ1n) is 10.2. The van der Waals surface area contributed by atoms with Crippen LogP contribution < -0.4 is 4.90 Å². The highest BCUT2D eigenvalue weighted by Crippen LogP contribution is 2.22. The number of hydrogen-bond donors (Lipinski definition) is 0. The molecule has 29 heavy (non-hydrogen) atoms. The van der Waals surface area contributed by atoms with Gasteiger partial charge in [-0.05, 0) is 55.0 Å². The molecule has 2 aromatic carbocycles. The van der Waals surface area contributed by atoms with E-state index in [1.807, 2.05) is 11.0 Å². The summed E-state index contributed by atoms with van der Waals surface area (Å²) in [6.07, 6.45) is 3.42. The Balaban J connectivity index is 1.49. The number of benzene rings is 2. The van der Waals surface area contributed by atoms with Crippen molar-refractivity contribution in [2.45, 2.75) is 32.6 Å². The molecule has 3 rings (SSSR count). The lowest BCUT2D eigenvalue weighted by molar-refractivity contribution is -0.132. The van der Waals surface area contributed by atoms with E-state index in [4.69, 9.17) is 5.26 Å². The summed E-state index contributed by atoms with van der Waals surface area (Å²) in [6.45, 7) is 3.42. The molecule has 2 aromatic rings. The van der Waals surface area contributed by atoms with Crippen LogP contribution in [0, 0.1) is 17.2 Å².